The Morgan fingerprint density at radius 1 is 1.27 bits per heavy atom. The number of fused-ring (bicyclic) bond motifs is 1. The van der Waals surface area contributed by atoms with Gasteiger partial charge in [0.1, 0.15) is 17.3 Å². The van der Waals surface area contributed by atoms with Gasteiger partial charge in [-0.05, 0) is 62.2 Å². The smallest absolute Gasteiger partial charge is 0.227 e. The van der Waals surface area contributed by atoms with Crippen molar-refractivity contribution >= 4 is 39.9 Å². The average Bonchev–Trinajstić information content (AvgIpc) is 3.27. The van der Waals surface area contributed by atoms with Crippen LogP contribution in [0, 0.1) is 11.7 Å². The van der Waals surface area contributed by atoms with Crippen molar-refractivity contribution < 1.29 is 23.8 Å². The highest BCUT2D eigenvalue weighted by atomic mass is 35.5. The van der Waals surface area contributed by atoms with E-state index in [4.69, 9.17) is 16.3 Å². The first-order chi connectivity index (χ1) is 15.5. The third-order valence-corrected chi connectivity index (χ3v) is 6.58. The SMILES string of the molecule is COc1ccc2c(c1)c(C1CC(C(=O)Nc3ccc(F)c(Cl)c3)CC1=O)c(C(C)(C)O)n2C. The highest BCUT2D eigenvalue weighted by molar-refractivity contribution is 6.31. The Morgan fingerprint density at radius 3 is 2.64 bits per heavy atom. The maximum absolute atomic E-state index is 13.4. The summed E-state index contributed by atoms with van der Waals surface area (Å²) in [7, 11) is 3.43. The summed E-state index contributed by atoms with van der Waals surface area (Å²) < 4.78 is 20.7. The Hall–Kier alpha value is -2.90. The van der Waals surface area contributed by atoms with Crippen LogP contribution in [0.15, 0.2) is 36.4 Å². The minimum atomic E-state index is -1.21. The quantitative estimate of drug-likeness (QED) is 0.553. The zero-order chi connectivity index (χ0) is 24.1. The van der Waals surface area contributed by atoms with E-state index >= 15 is 0 Å². The van der Waals surface area contributed by atoms with Crippen LogP contribution in [0.3, 0.4) is 0 Å². The van der Waals surface area contributed by atoms with E-state index in [1.165, 1.54) is 18.2 Å². The topological polar surface area (TPSA) is 80.6 Å². The number of nitrogens with zero attached hydrogens (tertiary/aromatic N) is 1. The predicted octanol–water partition coefficient (Wildman–Crippen LogP) is 4.91. The van der Waals surface area contributed by atoms with Crippen molar-refractivity contribution in [1.29, 1.82) is 0 Å². The monoisotopic (exact) mass is 472 g/mol. The standard InChI is InChI=1S/C25H26ClFN2O4/c1-25(2,32)23-22(16-12-15(33-4)6-8-20(16)29(23)3)17-9-13(10-21(17)30)24(31)28-14-5-7-19(27)18(26)11-14/h5-8,11-13,17,32H,9-10H2,1-4H3,(H,28,31). The van der Waals surface area contributed by atoms with Gasteiger partial charge in [0.05, 0.1) is 23.4 Å². The molecule has 0 bridgehead atoms. The molecule has 1 saturated carbocycles. The molecule has 0 aliphatic heterocycles. The van der Waals surface area contributed by atoms with Gasteiger partial charge in [-0.1, -0.05) is 11.6 Å². The van der Waals surface area contributed by atoms with Crippen molar-refractivity contribution in [2.45, 2.75) is 38.2 Å². The van der Waals surface area contributed by atoms with Gasteiger partial charge >= 0.3 is 0 Å². The van der Waals surface area contributed by atoms with Crippen molar-refractivity contribution in [1.82, 2.24) is 4.57 Å². The van der Waals surface area contributed by atoms with Crippen LogP contribution in [0.4, 0.5) is 10.1 Å². The van der Waals surface area contributed by atoms with Crippen LogP contribution >= 0.6 is 11.6 Å². The molecule has 2 unspecified atom stereocenters. The number of nitrogens with one attached hydrogen (secondary N) is 1. The number of amides is 1. The lowest BCUT2D eigenvalue weighted by molar-refractivity contribution is -0.123. The lowest BCUT2D eigenvalue weighted by Crippen LogP contribution is -2.23. The number of hydrogen-bond acceptors (Lipinski definition) is 4. The molecule has 0 spiro atoms. The minimum Gasteiger partial charge on any atom is -0.497 e. The molecule has 3 aromatic rings. The van der Waals surface area contributed by atoms with Crippen molar-refractivity contribution in [3.8, 4) is 5.75 Å². The maximum atomic E-state index is 13.4. The molecule has 8 heteroatoms. The molecule has 2 atom stereocenters. The van der Waals surface area contributed by atoms with Gasteiger partial charge in [0.25, 0.3) is 0 Å². The molecule has 4 rings (SSSR count). The first-order valence-electron chi connectivity index (χ1n) is 10.7. The fourth-order valence-corrected chi connectivity index (χ4v) is 5.03. The maximum Gasteiger partial charge on any atom is 0.227 e. The number of aromatic nitrogens is 1. The van der Waals surface area contributed by atoms with Crippen LogP contribution in [0.5, 0.6) is 5.75 Å². The number of halogens is 2. The summed E-state index contributed by atoms with van der Waals surface area (Å²) in [6.07, 6.45) is 0.385. The third kappa shape index (κ3) is 4.23. The van der Waals surface area contributed by atoms with Crippen molar-refractivity contribution in [2.75, 3.05) is 12.4 Å². The number of carbonyl (C=O) groups is 2. The van der Waals surface area contributed by atoms with Crippen molar-refractivity contribution in [3.63, 3.8) is 0 Å². The molecular weight excluding hydrogens is 447 g/mol. The fraction of sp³-hybridized carbons (Fsp3) is 0.360. The summed E-state index contributed by atoms with van der Waals surface area (Å²) in [5.74, 6) is -1.42. The predicted molar refractivity (Wildman–Crippen MR) is 125 cm³/mol. The van der Waals surface area contributed by atoms with E-state index < -0.39 is 23.3 Å². The summed E-state index contributed by atoms with van der Waals surface area (Å²) in [5, 5.41) is 14.4. The van der Waals surface area contributed by atoms with Crippen LogP contribution in [0.2, 0.25) is 5.02 Å². The number of aliphatic hydroxyl groups is 1. The molecule has 2 aromatic carbocycles. The zero-order valence-corrected chi connectivity index (χ0v) is 19.7. The number of methoxy groups -OCH3 is 1. The molecule has 1 aliphatic carbocycles. The third-order valence-electron chi connectivity index (χ3n) is 6.29. The molecule has 174 valence electrons. The van der Waals surface area contributed by atoms with Gasteiger partial charge in [-0.25, -0.2) is 4.39 Å². The number of ether oxygens (including phenoxy) is 1. The van der Waals surface area contributed by atoms with E-state index in [0.717, 1.165) is 16.5 Å². The molecule has 0 saturated heterocycles. The van der Waals surface area contributed by atoms with Crippen LogP contribution in [0.25, 0.3) is 10.9 Å². The van der Waals surface area contributed by atoms with Gasteiger partial charge in [-0.15, -0.1) is 0 Å². The summed E-state index contributed by atoms with van der Waals surface area (Å²) in [5.41, 5.74) is 1.39. The number of benzene rings is 2. The number of carbonyl (C=O) groups excluding carboxylic acids is 2. The van der Waals surface area contributed by atoms with Crippen LogP contribution in [0.1, 0.15) is 43.9 Å². The van der Waals surface area contributed by atoms with E-state index in [1.54, 1.807) is 21.0 Å². The van der Waals surface area contributed by atoms with Gasteiger partial charge in [-0.3, -0.25) is 9.59 Å². The Bertz CT molecular complexity index is 1260. The fourth-order valence-electron chi connectivity index (χ4n) is 4.85. The molecule has 1 aliphatic rings. The summed E-state index contributed by atoms with van der Waals surface area (Å²) in [6.45, 7) is 3.37. The highest BCUT2D eigenvalue weighted by Crippen LogP contribution is 2.45. The number of rotatable bonds is 5. The number of aryl methyl sites for hydroxylation is 1. The number of anilines is 1. The molecule has 2 N–H and O–H groups in total. The highest BCUT2D eigenvalue weighted by Gasteiger charge is 2.42. The second kappa shape index (κ2) is 8.47. The van der Waals surface area contributed by atoms with Crippen LogP contribution in [-0.2, 0) is 22.2 Å². The van der Waals surface area contributed by atoms with Crippen molar-refractivity contribution in [2.24, 2.45) is 13.0 Å². The van der Waals surface area contributed by atoms with E-state index in [2.05, 4.69) is 5.32 Å². The van der Waals surface area contributed by atoms with E-state index in [0.29, 0.717) is 23.6 Å². The van der Waals surface area contributed by atoms with Gasteiger partial charge in [-0.2, -0.15) is 0 Å². The molecule has 1 amide bonds. The summed E-state index contributed by atoms with van der Waals surface area (Å²) >= 11 is 5.81. The van der Waals surface area contributed by atoms with Crippen LogP contribution < -0.4 is 10.1 Å². The molecule has 1 heterocycles. The van der Waals surface area contributed by atoms with Crippen LogP contribution in [-0.4, -0.2) is 28.5 Å². The molecule has 1 fully saturated rings. The number of hydrogen-bond donors (Lipinski definition) is 2. The lowest BCUT2D eigenvalue weighted by Gasteiger charge is -2.23. The number of ketones is 1. The van der Waals surface area contributed by atoms with E-state index in [-0.39, 0.29) is 23.1 Å². The average molecular weight is 473 g/mol. The molecular formula is C25H26ClFN2O4. The first kappa shape index (κ1) is 23.3. The van der Waals surface area contributed by atoms with Gasteiger partial charge < -0.3 is 19.7 Å². The van der Waals surface area contributed by atoms with E-state index in [9.17, 15) is 19.1 Å². The Balaban J connectivity index is 1.70. The zero-order valence-electron chi connectivity index (χ0n) is 18.9. The Morgan fingerprint density at radius 2 is 2.00 bits per heavy atom. The number of Topliss-reactive ketones (excluding diaryl/α,β-unsaturated/α-hetero) is 1. The minimum absolute atomic E-state index is 0.0619. The summed E-state index contributed by atoms with van der Waals surface area (Å²) in [6, 6.07) is 9.54. The second-order valence-electron chi connectivity index (χ2n) is 9.04. The van der Waals surface area contributed by atoms with Crippen molar-refractivity contribution in [3.05, 3.63) is 58.5 Å². The van der Waals surface area contributed by atoms with E-state index in [1.807, 2.05) is 29.8 Å². The normalized spacial score (nSPS) is 18.7. The molecule has 0 radical (unpaired) electrons. The Kier molecular flexibility index (Phi) is 5.97. The second-order valence-corrected chi connectivity index (χ2v) is 9.44. The molecule has 33 heavy (non-hydrogen) atoms. The first-order valence-corrected chi connectivity index (χ1v) is 11.1. The van der Waals surface area contributed by atoms with Gasteiger partial charge in [0, 0.05) is 41.9 Å². The van der Waals surface area contributed by atoms with Gasteiger partial charge in [0.15, 0.2) is 0 Å². The summed E-state index contributed by atoms with van der Waals surface area (Å²) in [4.78, 5) is 26.1. The molecule has 1 aromatic heterocycles. The largest absolute Gasteiger partial charge is 0.497 e. The Labute approximate surface area is 196 Å². The molecule has 6 nitrogen and oxygen atoms in total. The lowest BCUT2D eigenvalue weighted by atomic mass is 9.88. The van der Waals surface area contributed by atoms with Gasteiger partial charge in [0.2, 0.25) is 5.91 Å².